The normalized spacial score (nSPS) is 20.4. The molecule has 3 aliphatic rings. The Morgan fingerprint density at radius 3 is 2.11 bits per heavy atom. The predicted octanol–water partition coefficient (Wildman–Crippen LogP) is 7.40. The van der Waals surface area contributed by atoms with Gasteiger partial charge in [-0.3, -0.25) is 39.0 Å². The van der Waals surface area contributed by atoms with Crippen LogP contribution in [0.4, 0.5) is 21.0 Å². The van der Waals surface area contributed by atoms with Gasteiger partial charge in [0.1, 0.15) is 29.5 Å². The van der Waals surface area contributed by atoms with Gasteiger partial charge < -0.3 is 50.0 Å². The fourth-order valence-electron chi connectivity index (χ4n) is 11.4. The molecule has 2 aliphatic heterocycles. The first-order chi connectivity index (χ1) is 37.9. The van der Waals surface area contributed by atoms with Gasteiger partial charge in [-0.25, -0.2) is 9.59 Å². The minimum absolute atomic E-state index is 0.0468. The molecule has 6 rings (SSSR count). The molecule has 1 saturated carbocycles. The number of methoxy groups -OCH3 is 2. The molecule has 3 aromatic carbocycles. The highest BCUT2D eigenvalue weighted by atomic mass is 16.6. The number of rotatable bonds is 24. The van der Waals surface area contributed by atoms with Crippen LogP contribution in [0.5, 0.6) is 5.75 Å². The van der Waals surface area contributed by atoms with Crippen LogP contribution in [0.2, 0.25) is 0 Å². The zero-order chi connectivity index (χ0) is 58.6. The molecule has 21 heteroatoms. The van der Waals surface area contributed by atoms with E-state index in [1.807, 2.05) is 58.0 Å². The van der Waals surface area contributed by atoms with Crippen LogP contribution >= 0.6 is 0 Å². The smallest absolute Gasteiger partial charge is 0.412 e. The molecule has 21 nitrogen and oxygen atoms in total. The topological polar surface area (TPSA) is 257 Å². The lowest BCUT2D eigenvalue weighted by atomic mass is 9.89. The molecular formula is C59H82N8O13. The highest BCUT2D eigenvalue weighted by Crippen LogP contribution is 2.43. The summed E-state index contributed by atoms with van der Waals surface area (Å²) in [6.45, 7) is 15.3. The van der Waals surface area contributed by atoms with E-state index in [1.54, 1.807) is 73.7 Å². The summed E-state index contributed by atoms with van der Waals surface area (Å²) in [7, 11) is 4.70. The molecule has 2 saturated heterocycles. The average Bonchev–Trinajstić information content (AvgIpc) is 4.25. The van der Waals surface area contributed by atoms with Gasteiger partial charge in [0.2, 0.25) is 29.5 Å². The number of benzene rings is 3. The van der Waals surface area contributed by atoms with E-state index in [1.165, 1.54) is 38.5 Å². The van der Waals surface area contributed by atoms with Crippen molar-refractivity contribution in [2.45, 2.75) is 167 Å². The Bertz CT molecular complexity index is 2630. The number of fused-ring (bicyclic) bond motifs is 2. The van der Waals surface area contributed by atoms with Gasteiger partial charge in [0.25, 0.3) is 5.69 Å². The number of nitro groups is 1. The number of amides is 7. The van der Waals surface area contributed by atoms with Gasteiger partial charge in [0.15, 0.2) is 0 Å². The second kappa shape index (κ2) is 27.8. The largest absolute Gasteiger partial charge is 0.444 e. The van der Waals surface area contributed by atoms with Gasteiger partial charge in [-0.1, -0.05) is 83.5 Å². The SMILES string of the molecule is CC[C@H](C)[C@@H]([C@@H](CC(=O)N1CCCC1[C@H](OC)[C@@H](C)C(=O)NC(Cc1ccccc1)C(=O)Nc1ccc(CNC(=O)Oc2ccc([N+](=O)[O-])cc2)cc1)OC)N(C)C(=O)C(NC(=O)[C@@H]1[C@H]2CC[C@H](C2)N1C(=O)OC(C)(C)C)C(C)C. The Labute approximate surface area is 469 Å². The predicted molar refractivity (Wildman–Crippen MR) is 299 cm³/mol. The van der Waals surface area contributed by atoms with Gasteiger partial charge in [0.05, 0.1) is 41.6 Å². The number of anilines is 1. The molecule has 3 aromatic rings. The summed E-state index contributed by atoms with van der Waals surface area (Å²) in [6.07, 6.45) is 1.40. The van der Waals surface area contributed by atoms with Crippen LogP contribution in [0.3, 0.4) is 0 Å². The van der Waals surface area contributed by atoms with Crippen molar-refractivity contribution in [3.63, 3.8) is 0 Å². The first-order valence-corrected chi connectivity index (χ1v) is 27.8. The lowest BCUT2D eigenvalue weighted by Crippen LogP contribution is -2.61. The van der Waals surface area contributed by atoms with Crippen molar-refractivity contribution in [1.82, 2.24) is 30.7 Å². The Morgan fingerprint density at radius 1 is 0.838 bits per heavy atom. The van der Waals surface area contributed by atoms with Crippen LogP contribution < -0.4 is 26.0 Å². The van der Waals surface area contributed by atoms with Gasteiger partial charge in [0, 0.05) is 64.6 Å². The molecule has 436 valence electrons. The third-order valence-corrected chi connectivity index (χ3v) is 15.8. The van der Waals surface area contributed by atoms with Gasteiger partial charge >= 0.3 is 12.2 Å². The van der Waals surface area contributed by atoms with Crippen LogP contribution in [0.1, 0.15) is 111 Å². The number of likely N-dealkylation sites (N-methyl/N-ethyl adjacent to an activating group) is 1. The van der Waals surface area contributed by atoms with E-state index in [-0.39, 0.29) is 66.4 Å². The maximum Gasteiger partial charge on any atom is 0.412 e. The zero-order valence-corrected chi connectivity index (χ0v) is 48.1. The number of hydrogen-bond acceptors (Lipinski definition) is 13. The number of non-ortho nitro benzene ring substituents is 1. The maximum atomic E-state index is 14.7. The number of hydrogen-bond donors (Lipinski definition) is 4. The zero-order valence-electron chi connectivity index (χ0n) is 48.1. The van der Waals surface area contributed by atoms with Crippen LogP contribution in [0, 0.1) is 33.8 Å². The van der Waals surface area contributed by atoms with Gasteiger partial charge in [-0.15, -0.1) is 0 Å². The molecule has 1 aliphatic carbocycles. The first kappa shape index (κ1) is 62.1. The van der Waals surface area contributed by atoms with Crippen molar-refractivity contribution < 1.29 is 57.4 Å². The first-order valence-electron chi connectivity index (χ1n) is 27.8. The van der Waals surface area contributed by atoms with Crippen LogP contribution in [-0.4, -0.2) is 143 Å². The lowest BCUT2D eigenvalue weighted by molar-refractivity contribution is -0.384. The monoisotopic (exact) mass is 1110 g/mol. The second-order valence-corrected chi connectivity index (χ2v) is 22.8. The molecule has 0 spiro atoms. The minimum Gasteiger partial charge on any atom is -0.444 e. The highest BCUT2D eigenvalue weighted by molar-refractivity contribution is 5.98. The average molecular weight is 1110 g/mol. The van der Waals surface area contributed by atoms with Crippen molar-refractivity contribution in [2.75, 3.05) is 33.1 Å². The number of carbonyl (C=O) groups is 7. The van der Waals surface area contributed by atoms with Crippen LogP contribution in [0.25, 0.3) is 0 Å². The van der Waals surface area contributed by atoms with E-state index in [9.17, 15) is 43.7 Å². The van der Waals surface area contributed by atoms with Gasteiger partial charge in [-0.05, 0) is 106 Å². The van der Waals surface area contributed by atoms with Crippen LogP contribution in [0.15, 0.2) is 78.9 Å². The molecule has 2 heterocycles. The lowest BCUT2D eigenvalue weighted by Gasteiger charge is -2.41. The summed E-state index contributed by atoms with van der Waals surface area (Å²) in [5.41, 5.74) is 1.04. The number of carbonyl (C=O) groups excluding carboxylic acids is 7. The van der Waals surface area contributed by atoms with Crippen LogP contribution in [-0.2, 0) is 51.1 Å². The van der Waals surface area contributed by atoms with E-state index in [4.69, 9.17) is 18.9 Å². The fourth-order valence-corrected chi connectivity index (χ4v) is 11.4. The molecule has 0 radical (unpaired) electrons. The Hall–Kier alpha value is -7.13. The third kappa shape index (κ3) is 15.8. The molecule has 80 heavy (non-hydrogen) atoms. The quantitative estimate of drug-likeness (QED) is 0.0504. The summed E-state index contributed by atoms with van der Waals surface area (Å²) in [5.74, 6) is -3.10. The molecule has 0 aromatic heterocycles. The van der Waals surface area contributed by atoms with Crippen molar-refractivity contribution in [2.24, 2.45) is 23.7 Å². The Balaban J connectivity index is 1.09. The molecular weight excluding hydrogens is 1030 g/mol. The fraction of sp³-hybridized carbons (Fsp3) is 0.576. The van der Waals surface area contributed by atoms with E-state index < -0.39 is 88.8 Å². The molecule has 7 amide bonds. The van der Waals surface area contributed by atoms with E-state index in [2.05, 4.69) is 21.3 Å². The number of nitrogens with one attached hydrogen (secondary N) is 4. The summed E-state index contributed by atoms with van der Waals surface area (Å²) in [5, 5.41) is 22.5. The Morgan fingerprint density at radius 2 is 1.51 bits per heavy atom. The van der Waals surface area contributed by atoms with E-state index in [0.717, 1.165) is 18.4 Å². The second-order valence-electron chi connectivity index (χ2n) is 22.8. The standard InChI is InChI=1S/C59H82N8O13/c1-12-36(4)50(64(9)56(72)49(35(2)3)63-55(71)51-40-22-25-43(32-40)66(51)58(74)80-59(6,7)8)47(77-10)33-48(68)65-30-16-19-46(65)52(78-11)37(5)53(69)62-45(31-38-17-14-13-15-18-38)54(70)61-41-23-20-39(21-24-41)34-60-57(73)79-44-28-26-42(27-29-44)67(75)76/h13-15,17-18,20-21,23-24,26-29,35-37,40,43,45-47,49-52H,12,16,19,22,25,30-34H2,1-11H3,(H,60,73)(H,61,70)(H,62,69)(H,63,71)/t36-,37+,40-,43+,45?,46?,47+,49?,50-,51-,52+/m0/s1. The summed E-state index contributed by atoms with van der Waals surface area (Å²) in [4.78, 5) is 113. The maximum absolute atomic E-state index is 14.7. The van der Waals surface area contributed by atoms with Gasteiger partial charge in [-0.2, -0.15) is 0 Å². The summed E-state index contributed by atoms with van der Waals surface area (Å²) < 4.78 is 23.1. The van der Waals surface area contributed by atoms with Crippen molar-refractivity contribution in [3.8, 4) is 5.75 Å². The number of piperidine rings is 1. The van der Waals surface area contributed by atoms with Crippen molar-refractivity contribution in [1.29, 1.82) is 0 Å². The summed E-state index contributed by atoms with van der Waals surface area (Å²) >= 11 is 0. The molecule has 3 fully saturated rings. The molecule has 2 bridgehead atoms. The van der Waals surface area contributed by atoms with E-state index in [0.29, 0.717) is 43.5 Å². The minimum atomic E-state index is -1.02. The number of ether oxygens (including phenoxy) is 4. The van der Waals surface area contributed by atoms with Crippen molar-refractivity contribution >= 4 is 53.1 Å². The van der Waals surface area contributed by atoms with E-state index >= 15 is 0 Å². The summed E-state index contributed by atoms with van der Waals surface area (Å²) in [6, 6.07) is 17.2. The Kier molecular flexibility index (Phi) is 21.6. The highest BCUT2D eigenvalue weighted by Gasteiger charge is 2.53. The number of nitro benzene ring substituents is 1. The molecule has 11 atom stereocenters. The molecule has 3 unspecified atom stereocenters. The third-order valence-electron chi connectivity index (χ3n) is 15.8. The molecule has 4 N–H and O–H groups in total. The number of likely N-dealkylation sites (tertiary alicyclic amines) is 2. The number of nitrogens with zero attached hydrogens (tertiary/aromatic N) is 4. The van der Waals surface area contributed by atoms with Crippen molar-refractivity contribution in [3.05, 3.63) is 100 Å².